The van der Waals surface area contributed by atoms with E-state index >= 15 is 0 Å². The van der Waals surface area contributed by atoms with E-state index in [1.807, 2.05) is 18.2 Å². The minimum atomic E-state index is -0.672. The van der Waals surface area contributed by atoms with Crippen LogP contribution < -0.4 is 0 Å². The van der Waals surface area contributed by atoms with Crippen molar-refractivity contribution in [1.82, 2.24) is 0 Å². The summed E-state index contributed by atoms with van der Waals surface area (Å²) >= 11 is 0. The summed E-state index contributed by atoms with van der Waals surface area (Å²) in [7, 11) is 0. The predicted octanol–water partition coefficient (Wildman–Crippen LogP) is 3.17. The molecule has 0 spiro atoms. The number of aliphatic imine (C=N–C) groups is 1. The fourth-order valence-corrected chi connectivity index (χ4v) is 1.98. The highest BCUT2D eigenvalue weighted by Crippen LogP contribution is 2.32. The number of carbonyl (C=O) groups excluding carboxylic acids is 1. The number of ether oxygens (including phenoxy) is 1. The van der Waals surface area contributed by atoms with Gasteiger partial charge in [-0.25, -0.2) is 9.38 Å². The van der Waals surface area contributed by atoms with Gasteiger partial charge in [0.05, 0.1) is 5.69 Å². The summed E-state index contributed by atoms with van der Waals surface area (Å²) in [5.41, 5.74) is 2.08. The molecule has 94 valence electrons. The summed E-state index contributed by atoms with van der Waals surface area (Å²) in [6, 6.07) is 13.1. The van der Waals surface area contributed by atoms with Gasteiger partial charge in [-0.2, -0.15) is 0 Å². The highest BCUT2D eigenvalue weighted by molar-refractivity contribution is 5.98. The second-order valence-electron chi connectivity index (χ2n) is 4.16. The Kier molecular flexibility index (Phi) is 2.83. The standard InChI is InChI=1S/C15H10FNO2/c16-11-7-5-10(6-8-11)15-17-13-4-2-1-3-12(13)14(9-18)19-15/h1-9,14H. The fourth-order valence-electron chi connectivity index (χ4n) is 1.98. The Morgan fingerprint density at radius 2 is 1.84 bits per heavy atom. The van der Waals surface area contributed by atoms with Crippen molar-refractivity contribution in [2.45, 2.75) is 6.10 Å². The molecule has 0 saturated heterocycles. The Morgan fingerprint density at radius 1 is 1.11 bits per heavy atom. The van der Waals surface area contributed by atoms with Crippen LogP contribution in [0, 0.1) is 5.82 Å². The summed E-state index contributed by atoms with van der Waals surface area (Å²) in [5, 5.41) is 0. The molecule has 3 nitrogen and oxygen atoms in total. The Labute approximate surface area is 109 Å². The number of halogens is 1. The van der Waals surface area contributed by atoms with E-state index in [0.29, 0.717) is 17.1 Å². The minimum absolute atomic E-state index is 0.326. The zero-order valence-electron chi connectivity index (χ0n) is 9.92. The lowest BCUT2D eigenvalue weighted by Crippen LogP contribution is -2.17. The van der Waals surface area contributed by atoms with Gasteiger partial charge in [-0.15, -0.1) is 0 Å². The molecule has 0 saturated carbocycles. The van der Waals surface area contributed by atoms with Gasteiger partial charge < -0.3 is 4.74 Å². The Balaban J connectivity index is 2.07. The molecule has 1 unspecified atom stereocenters. The maximum Gasteiger partial charge on any atom is 0.222 e. The van der Waals surface area contributed by atoms with E-state index in [1.165, 1.54) is 12.1 Å². The molecule has 1 atom stereocenters. The molecular formula is C15H10FNO2. The molecule has 0 bridgehead atoms. The van der Waals surface area contributed by atoms with Crippen molar-refractivity contribution < 1.29 is 13.9 Å². The van der Waals surface area contributed by atoms with Crippen molar-refractivity contribution in [2.24, 2.45) is 4.99 Å². The molecule has 1 heterocycles. The van der Waals surface area contributed by atoms with Gasteiger partial charge in [-0.3, -0.25) is 4.79 Å². The van der Waals surface area contributed by atoms with Gasteiger partial charge in [0.15, 0.2) is 12.4 Å². The number of rotatable bonds is 2. The van der Waals surface area contributed by atoms with E-state index in [0.717, 1.165) is 11.8 Å². The molecule has 1 aliphatic heterocycles. The first kappa shape index (κ1) is 11.6. The zero-order valence-corrected chi connectivity index (χ0v) is 9.92. The first-order valence-corrected chi connectivity index (χ1v) is 5.83. The maximum atomic E-state index is 12.9. The van der Waals surface area contributed by atoms with Gasteiger partial charge >= 0.3 is 0 Å². The number of aldehydes is 1. The quantitative estimate of drug-likeness (QED) is 0.773. The monoisotopic (exact) mass is 255 g/mol. The highest BCUT2D eigenvalue weighted by atomic mass is 19.1. The summed E-state index contributed by atoms with van der Waals surface area (Å²) < 4.78 is 18.4. The summed E-state index contributed by atoms with van der Waals surface area (Å²) in [6.07, 6.45) is 0.0607. The van der Waals surface area contributed by atoms with Crippen LogP contribution in [0.3, 0.4) is 0 Å². The summed E-state index contributed by atoms with van der Waals surface area (Å²) in [5.74, 6) is 0.00305. The van der Waals surface area contributed by atoms with Gasteiger partial charge in [0, 0.05) is 11.1 Å². The molecule has 4 heteroatoms. The molecule has 0 fully saturated rings. The van der Waals surface area contributed by atoms with Gasteiger partial charge in [0.2, 0.25) is 5.90 Å². The lowest BCUT2D eigenvalue weighted by atomic mass is 10.1. The third-order valence-corrected chi connectivity index (χ3v) is 2.92. The average Bonchev–Trinajstić information content (AvgIpc) is 2.47. The van der Waals surface area contributed by atoms with Crippen molar-refractivity contribution in [3.05, 3.63) is 65.5 Å². The van der Waals surface area contributed by atoms with E-state index in [4.69, 9.17) is 4.74 Å². The molecule has 0 radical (unpaired) electrons. The van der Waals surface area contributed by atoms with E-state index in [9.17, 15) is 9.18 Å². The van der Waals surface area contributed by atoms with Crippen LogP contribution in [-0.4, -0.2) is 12.2 Å². The van der Waals surface area contributed by atoms with Crippen LogP contribution in [0.25, 0.3) is 0 Å². The molecule has 0 N–H and O–H groups in total. The topological polar surface area (TPSA) is 38.7 Å². The van der Waals surface area contributed by atoms with Crippen LogP contribution in [0.4, 0.5) is 10.1 Å². The predicted molar refractivity (Wildman–Crippen MR) is 68.9 cm³/mol. The lowest BCUT2D eigenvalue weighted by Gasteiger charge is -2.22. The van der Waals surface area contributed by atoms with E-state index in [2.05, 4.69) is 4.99 Å². The number of hydrogen-bond acceptors (Lipinski definition) is 3. The van der Waals surface area contributed by atoms with Crippen molar-refractivity contribution in [2.75, 3.05) is 0 Å². The van der Waals surface area contributed by atoms with Crippen LogP contribution >= 0.6 is 0 Å². The average molecular weight is 255 g/mol. The molecule has 1 aliphatic rings. The SMILES string of the molecule is O=CC1OC(c2ccc(F)cc2)=Nc2ccccc21. The molecular weight excluding hydrogens is 245 g/mol. The van der Waals surface area contributed by atoms with Crippen LogP contribution in [0.2, 0.25) is 0 Å². The molecule has 19 heavy (non-hydrogen) atoms. The first-order valence-electron chi connectivity index (χ1n) is 5.83. The van der Waals surface area contributed by atoms with Crippen LogP contribution in [-0.2, 0) is 9.53 Å². The van der Waals surface area contributed by atoms with Crippen molar-refractivity contribution in [1.29, 1.82) is 0 Å². The summed E-state index contributed by atoms with van der Waals surface area (Å²) in [4.78, 5) is 15.5. The smallest absolute Gasteiger partial charge is 0.222 e. The highest BCUT2D eigenvalue weighted by Gasteiger charge is 2.23. The largest absolute Gasteiger partial charge is 0.461 e. The molecule has 0 amide bonds. The van der Waals surface area contributed by atoms with Gasteiger partial charge in [-0.05, 0) is 30.3 Å². The van der Waals surface area contributed by atoms with Crippen molar-refractivity contribution in [3.8, 4) is 0 Å². The molecule has 2 aromatic carbocycles. The van der Waals surface area contributed by atoms with Gasteiger partial charge in [-0.1, -0.05) is 18.2 Å². The van der Waals surface area contributed by atoms with E-state index in [-0.39, 0.29) is 5.82 Å². The van der Waals surface area contributed by atoms with E-state index in [1.54, 1.807) is 18.2 Å². The normalized spacial score (nSPS) is 17.1. The van der Waals surface area contributed by atoms with Gasteiger partial charge in [0.25, 0.3) is 0 Å². The Morgan fingerprint density at radius 3 is 2.58 bits per heavy atom. The van der Waals surface area contributed by atoms with E-state index < -0.39 is 6.10 Å². The number of benzene rings is 2. The minimum Gasteiger partial charge on any atom is -0.461 e. The maximum absolute atomic E-state index is 12.9. The number of nitrogens with zero attached hydrogens (tertiary/aromatic N) is 1. The van der Waals surface area contributed by atoms with Crippen LogP contribution in [0.15, 0.2) is 53.5 Å². The third-order valence-electron chi connectivity index (χ3n) is 2.92. The molecule has 0 aromatic heterocycles. The lowest BCUT2D eigenvalue weighted by molar-refractivity contribution is -0.114. The Bertz CT molecular complexity index is 649. The number of hydrogen-bond donors (Lipinski definition) is 0. The molecule has 2 aromatic rings. The number of fused-ring (bicyclic) bond motifs is 1. The number of para-hydroxylation sites is 1. The molecule has 3 rings (SSSR count). The third kappa shape index (κ3) is 2.12. The van der Waals surface area contributed by atoms with Crippen LogP contribution in [0.1, 0.15) is 17.2 Å². The summed E-state index contributed by atoms with van der Waals surface area (Å²) in [6.45, 7) is 0. The zero-order chi connectivity index (χ0) is 13.2. The second-order valence-corrected chi connectivity index (χ2v) is 4.16. The molecule has 0 aliphatic carbocycles. The van der Waals surface area contributed by atoms with Crippen molar-refractivity contribution >= 4 is 17.9 Å². The van der Waals surface area contributed by atoms with Crippen molar-refractivity contribution in [3.63, 3.8) is 0 Å². The van der Waals surface area contributed by atoms with Gasteiger partial charge in [0.1, 0.15) is 5.82 Å². The first-order chi connectivity index (χ1) is 9.28. The second kappa shape index (κ2) is 4.65. The Hall–Kier alpha value is -2.49. The van der Waals surface area contributed by atoms with Crippen LogP contribution in [0.5, 0.6) is 0 Å². The fraction of sp³-hybridized carbons (Fsp3) is 0.0667. The number of carbonyl (C=O) groups is 1.